The van der Waals surface area contributed by atoms with E-state index in [0.717, 1.165) is 25.1 Å². The summed E-state index contributed by atoms with van der Waals surface area (Å²) in [4.78, 5) is 14.2. The van der Waals surface area contributed by atoms with Gasteiger partial charge in [-0.25, -0.2) is 0 Å². The molecule has 1 heterocycles. The maximum atomic E-state index is 12.1. The number of rotatable bonds is 1. The van der Waals surface area contributed by atoms with Gasteiger partial charge in [-0.05, 0) is 54.9 Å². The molecule has 118 valence electrons. The Morgan fingerprint density at radius 2 is 2.18 bits per heavy atom. The lowest BCUT2D eigenvalue weighted by Crippen LogP contribution is -2.61. The summed E-state index contributed by atoms with van der Waals surface area (Å²) in [5, 5.41) is 0. The predicted octanol–water partition coefficient (Wildman–Crippen LogP) is 3.30. The van der Waals surface area contributed by atoms with Crippen LogP contribution in [0, 0.1) is 5.92 Å². The molecule has 1 saturated heterocycles. The number of carbonyl (C=O) groups excluding carboxylic acids is 1. The van der Waals surface area contributed by atoms with Gasteiger partial charge >= 0.3 is 0 Å². The standard InChI is InChI=1S/C19H25NO2/c1-13(21)20-10-9-19-8-4-3-5-16(19)18(20)11-14-6-7-15(22-2)12-17(14)19/h6-7,12,16,18H,3-5,8-11H2,1-2H3/t16-,18+,19+/m0/s1. The molecule has 2 bridgehead atoms. The number of piperidine rings is 1. The van der Waals surface area contributed by atoms with Gasteiger partial charge in [0.05, 0.1) is 7.11 Å². The highest BCUT2D eigenvalue weighted by molar-refractivity contribution is 5.74. The SMILES string of the molecule is COc1ccc2c(c1)[C@@]13CCCC[C@H]1[C@@H](C2)N(C(C)=O)CC3. The summed E-state index contributed by atoms with van der Waals surface area (Å²) in [6.07, 6.45) is 7.32. The number of fused-ring (bicyclic) bond motifs is 1. The lowest BCUT2D eigenvalue weighted by atomic mass is 9.52. The van der Waals surface area contributed by atoms with Crippen LogP contribution < -0.4 is 4.74 Å². The van der Waals surface area contributed by atoms with Gasteiger partial charge in [-0.3, -0.25) is 4.79 Å². The zero-order valence-electron chi connectivity index (χ0n) is 13.6. The van der Waals surface area contributed by atoms with E-state index in [0.29, 0.717) is 12.0 Å². The molecule has 0 aromatic heterocycles. The van der Waals surface area contributed by atoms with Gasteiger partial charge in [0.25, 0.3) is 0 Å². The topological polar surface area (TPSA) is 29.5 Å². The maximum Gasteiger partial charge on any atom is 0.219 e. The summed E-state index contributed by atoms with van der Waals surface area (Å²) in [6.45, 7) is 2.66. The number of benzene rings is 1. The van der Waals surface area contributed by atoms with E-state index < -0.39 is 0 Å². The van der Waals surface area contributed by atoms with Crippen LogP contribution in [0.3, 0.4) is 0 Å². The van der Waals surface area contributed by atoms with Gasteiger partial charge in [0.15, 0.2) is 0 Å². The van der Waals surface area contributed by atoms with Crippen molar-refractivity contribution in [1.82, 2.24) is 4.90 Å². The Balaban J connectivity index is 1.85. The Bertz CT molecular complexity index is 611. The number of amides is 1. The molecule has 0 radical (unpaired) electrons. The van der Waals surface area contributed by atoms with Gasteiger partial charge in [-0.2, -0.15) is 0 Å². The predicted molar refractivity (Wildman–Crippen MR) is 86.1 cm³/mol. The molecule has 2 fully saturated rings. The van der Waals surface area contributed by atoms with Gasteiger partial charge in [0.2, 0.25) is 5.91 Å². The number of hydrogen-bond donors (Lipinski definition) is 0. The largest absolute Gasteiger partial charge is 0.497 e. The third-order valence-corrected chi connectivity index (χ3v) is 6.45. The van der Waals surface area contributed by atoms with Crippen molar-refractivity contribution in [2.45, 2.75) is 56.9 Å². The summed E-state index contributed by atoms with van der Waals surface area (Å²) in [5.41, 5.74) is 3.25. The molecule has 0 spiro atoms. The van der Waals surface area contributed by atoms with Crippen molar-refractivity contribution in [3.63, 3.8) is 0 Å². The van der Waals surface area contributed by atoms with Crippen molar-refractivity contribution in [2.24, 2.45) is 5.92 Å². The third-order valence-electron chi connectivity index (χ3n) is 6.45. The molecule has 0 N–H and O–H groups in total. The lowest BCUT2D eigenvalue weighted by molar-refractivity contribution is -0.138. The molecule has 1 saturated carbocycles. The van der Waals surface area contributed by atoms with Gasteiger partial charge in [0.1, 0.15) is 5.75 Å². The Labute approximate surface area is 132 Å². The molecule has 22 heavy (non-hydrogen) atoms. The van der Waals surface area contributed by atoms with Crippen molar-refractivity contribution in [3.8, 4) is 5.75 Å². The average Bonchev–Trinajstić information content (AvgIpc) is 2.54. The molecule has 3 aliphatic rings. The van der Waals surface area contributed by atoms with Crippen molar-refractivity contribution < 1.29 is 9.53 Å². The van der Waals surface area contributed by atoms with E-state index in [-0.39, 0.29) is 11.3 Å². The monoisotopic (exact) mass is 299 g/mol. The van der Waals surface area contributed by atoms with Gasteiger partial charge in [0, 0.05) is 24.9 Å². The molecular weight excluding hydrogens is 274 g/mol. The van der Waals surface area contributed by atoms with Gasteiger partial charge < -0.3 is 9.64 Å². The third kappa shape index (κ3) is 1.84. The van der Waals surface area contributed by atoms with Crippen LogP contribution in [0.25, 0.3) is 0 Å². The summed E-state index contributed by atoms with van der Waals surface area (Å²) in [6, 6.07) is 7.00. The fourth-order valence-electron chi connectivity index (χ4n) is 5.50. The molecule has 1 amide bonds. The minimum absolute atomic E-state index is 0.251. The van der Waals surface area contributed by atoms with E-state index in [4.69, 9.17) is 4.74 Å². The minimum atomic E-state index is 0.251. The zero-order valence-corrected chi connectivity index (χ0v) is 13.6. The first-order valence-corrected chi connectivity index (χ1v) is 8.60. The molecule has 3 nitrogen and oxygen atoms in total. The first-order valence-electron chi connectivity index (χ1n) is 8.60. The van der Waals surface area contributed by atoms with E-state index in [2.05, 4.69) is 23.1 Å². The van der Waals surface area contributed by atoms with Crippen LogP contribution in [0.1, 0.15) is 50.2 Å². The fourth-order valence-corrected chi connectivity index (χ4v) is 5.50. The van der Waals surface area contributed by atoms with E-state index in [9.17, 15) is 4.79 Å². The Morgan fingerprint density at radius 3 is 2.95 bits per heavy atom. The molecule has 2 aliphatic carbocycles. The molecular formula is C19H25NO2. The lowest BCUT2D eigenvalue weighted by Gasteiger charge is -2.59. The van der Waals surface area contributed by atoms with Crippen LogP contribution >= 0.6 is 0 Å². The number of hydrogen-bond acceptors (Lipinski definition) is 2. The Morgan fingerprint density at radius 1 is 1.32 bits per heavy atom. The van der Waals surface area contributed by atoms with Crippen molar-refractivity contribution in [3.05, 3.63) is 29.3 Å². The second-order valence-electron chi connectivity index (χ2n) is 7.27. The first kappa shape index (κ1) is 14.1. The van der Waals surface area contributed by atoms with Crippen molar-refractivity contribution in [1.29, 1.82) is 0 Å². The minimum Gasteiger partial charge on any atom is -0.497 e. The maximum absolute atomic E-state index is 12.1. The van der Waals surface area contributed by atoms with Gasteiger partial charge in [-0.15, -0.1) is 0 Å². The van der Waals surface area contributed by atoms with E-state index in [1.165, 1.54) is 36.8 Å². The van der Waals surface area contributed by atoms with Crippen LogP contribution in [0.2, 0.25) is 0 Å². The number of nitrogens with zero attached hydrogens (tertiary/aromatic N) is 1. The van der Waals surface area contributed by atoms with Crippen LogP contribution in [0.15, 0.2) is 18.2 Å². The summed E-state index contributed by atoms with van der Waals surface area (Å²) in [5.74, 6) is 1.87. The van der Waals surface area contributed by atoms with Crippen LogP contribution in [-0.2, 0) is 16.6 Å². The van der Waals surface area contributed by atoms with Gasteiger partial charge in [-0.1, -0.05) is 18.9 Å². The molecule has 1 aromatic carbocycles. The van der Waals surface area contributed by atoms with E-state index in [1.807, 2.05) is 0 Å². The second kappa shape index (κ2) is 5.00. The quantitative estimate of drug-likeness (QED) is 0.796. The van der Waals surface area contributed by atoms with Crippen LogP contribution in [0.4, 0.5) is 0 Å². The summed E-state index contributed by atoms with van der Waals surface area (Å²) >= 11 is 0. The highest BCUT2D eigenvalue weighted by atomic mass is 16.5. The van der Waals surface area contributed by atoms with Crippen molar-refractivity contribution >= 4 is 5.91 Å². The zero-order chi connectivity index (χ0) is 15.3. The number of methoxy groups -OCH3 is 1. The summed E-state index contributed by atoms with van der Waals surface area (Å²) in [7, 11) is 1.75. The van der Waals surface area contributed by atoms with E-state index >= 15 is 0 Å². The molecule has 1 aromatic rings. The van der Waals surface area contributed by atoms with Crippen LogP contribution in [0.5, 0.6) is 5.75 Å². The Hall–Kier alpha value is -1.51. The number of likely N-dealkylation sites (tertiary alicyclic amines) is 1. The van der Waals surface area contributed by atoms with Crippen LogP contribution in [-0.4, -0.2) is 30.5 Å². The first-order chi connectivity index (χ1) is 10.7. The normalized spacial score (nSPS) is 32.9. The molecule has 4 rings (SSSR count). The number of ether oxygens (including phenoxy) is 1. The smallest absolute Gasteiger partial charge is 0.219 e. The highest BCUT2D eigenvalue weighted by Gasteiger charge is 2.54. The molecule has 0 unspecified atom stereocenters. The van der Waals surface area contributed by atoms with Crippen molar-refractivity contribution in [2.75, 3.05) is 13.7 Å². The summed E-state index contributed by atoms with van der Waals surface area (Å²) < 4.78 is 5.49. The highest BCUT2D eigenvalue weighted by Crippen LogP contribution is 2.56. The number of carbonyl (C=O) groups is 1. The molecule has 3 atom stereocenters. The molecule has 3 heteroatoms. The Kier molecular flexibility index (Phi) is 3.21. The second-order valence-corrected chi connectivity index (χ2v) is 7.27. The average molecular weight is 299 g/mol. The molecule has 1 aliphatic heterocycles. The fraction of sp³-hybridized carbons (Fsp3) is 0.632. The van der Waals surface area contributed by atoms with E-state index in [1.54, 1.807) is 14.0 Å².